The molecule has 0 aromatic carbocycles. The van der Waals surface area contributed by atoms with E-state index in [4.69, 9.17) is 16.9 Å². The minimum absolute atomic E-state index is 0.147. The minimum Gasteiger partial charge on any atom is -0.243 e. The molecule has 0 aliphatic rings. The fourth-order valence-corrected chi connectivity index (χ4v) is 0.902. The zero-order chi connectivity index (χ0) is 10.1. The number of hydrogen-bond donors (Lipinski definition) is 0. The molecule has 0 atom stereocenters. The first kappa shape index (κ1) is 9.81. The number of aromatic nitrogens is 1. The quantitative estimate of drug-likeness (QED) is 0.654. The van der Waals surface area contributed by atoms with Crippen LogP contribution >= 0.6 is 11.6 Å². The average molecular weight is 207 g/mol. The van der Waals surface area contributed by atoms with Gasteiger partial charge in [0.25, 0.3) is 0 Å². The highest BCUT2D eigenvalue weighted by Crippen LogP contribution is 2.32. The Kier molecular flexibility index (Phi) is 2.43. The molecule has 1 aromatic heterocycles. The summed E-state index contributed by atoms with van der Waals surface area (Å²) in [6.45, 7) is 0. The van der Waals surface area contributed by atoms with Gasteiger partial charge in [0.2, 0.25) is 0 Å². The van der Waals surface area contributed by atoms with Gasteiger partial charge in [0.1, 0.15) is 6.07 Å². The Morgan fingerprint density at radius 3 is 2.54 bits per heavy atom. The maximum absolute atomic E-state index is 12.2. The van der Waals surface area contributed by atoms with E-state index in [1.807, 2.05) is 0 Å². The lowest BCUT2D eigenvalue weighted by molar-refractivity contribution is -0.138. The lowest BCUT2D eigenvalue weighted by Gasteiger charge is -2.07. The molecule has 0 bridgehead atoms. The van der Waals surface area contributed by atoms with Gasteiger partial charge in [-0.1, -0.05) is 11.6 Å². The Balaban J connectivity index is 3.35. The maximum atomic E-state index is 12.2. The van der Waals surface area contributed by atoms with Crippen LogP contribution in [0.15, 0.2) is 12.3 Å². The van der Waals surface area contributed by atoms with Gasteiger partial charge in [-0.2, -0.15) is 18.4 Å². The molecule has 0 saturated carbocycles. The van der Waals surface area contributed by atoms with Gasteiger partial charge >= 0.3 is 6.18 Å². The number of nitriles is 1. The van der Waals surface area contributed by atoms with Gasteiger partial charge in [-0.15, -0.1) is 0 Å². The molecule has 0 saturated heterocycles. The second-order valence-electron chi connectivity index (χ2n) is 2.16. The molecular weight excluding hydrogens is 205 g/mol. The Bertz CT molecular complexity index is 367. The van der Waals surface area contributed by atoms with Crippen molar-refractivity contribution in [1.29, 1.82) is 5.26 Å². The normalized spacial score (nSPS) is 11.0. The molecule has 1 aromatic rings. The summed E-state index contributed by atoms with van der Waals surface area (Å²) in [5.74, 6) is 0. The molecule has 0 amide bonds. The molecule has 6 heteroatoms. The number of pyridine rings is 1. The van der Waals surface area contributed by atoms with Gasteiger partial charge < -0.3 is 0 Å². The monoisotopic (exact) mass is 206 g/mol. The standard InChI is InChI=1S/C7H2ClF3N2/c8-4-1-5(7(9,10)11)6(2-12)13-3-4/h1,3H. The average Bonchev–Trinajstić information content (AvgIpc) is 2.03. The van der Waals surface area contributed by atoms with Crippen molar-refractivity contribution in [2.45, 2.75) is 6.18 Å². The summed E-state index contributed by atoms with van der Waals surface area (Å²) in [4.78, 5) is 3.25. The zero-order valence-corrected chi connectivity index (χ0v) is 6.82. The van der Waals surface area contributed by atoms with Crippen molar-refractivity contribution < 1.29 is 13.2 Å². The first-order valence-electron chi connectivity index (χ1n) is 3.08. The highest BCUT2D eigenvalue weighted by Gasteiger charge is 2.34. The van der Waals surface area contributed by atoms with Crippen molar-refractivity contribution in [3.05, 3.63) is 28.5 Å². The summed E-state index contributed by atoms with van der Waals surface area (Å²) in [7, 11) is 0. The van der Waals surface area contributed by atoms with E-state index in [1.54, 1.807) is 0 Å². The molecule has 2 nitrogen and oxygen atoms in total. The van der Waals surface area contributed by atoms with Crippen LogP contribution < -0.4 is 0 Å². The van der Waals surface area contributed by atoms with Crippen LogP contribution in [-0.2, 0) is 6.18 Å². The highest BCUT2D eigenvalue weighted by atomic mass is 35.5. The summed E-state index contributed by atoms with van der Waals surface area (Å²) in [5, 5.41) is 8.17. The van der Waals surface area contributed by atoms with Crippen LogP contribution in [0.2, 0.25) is 5.02 Å². The molecule has 0 aliphatic carbocycles. The molecular formula is C7H2ClF3N2. The van der Waals surface area contributed by atoms with Crippen LogP contribution in [0.5, 0.6) is 0 Å². The molecule has 0 spiro atoms. The third-order valence-electron chi connectivity index (χ3n) is 1.27. The Labute approximate surface area is 76.6 Å². The SMILES string of the molecule is N#Cc1ncc(Cl)cc1C(F)(F)F. The smallest absolute Gasteiger partial charge is 0.243 e. The molecule has 0 aliphatic heterocycles. The number of alkyl halides is 3. The van der Waals surface area contributed by atoms with Crippen molar-refractivity contribution in [2.24, 2.45) is 0 Å². The lowest BCUT2D eigenvalue weighted by Crippen LogP contribution is -2.08. The van der Waals surface area contributed by atoms with Crippen molar-refractivity contribution in [3.8, 4) is 6.07 Å². The zero-order valence-electron chi connectivity index (χ0n) is 6.06. The molecule has 0 fully saturated rings. The third kappa shape index (κ3) is 2.10. The van der Waals surface area contributed by atoms with Crippen LogP contribution in [0.4, 0.5) is 13.2 Å². The summed E-state index contributed by atoms with van der Waals surface area (Å²) in [6, 6.07) is 2.01. The van der Waals surface area contributed by atoms with E-state index in [1.165, 1.54) is 6.07 Å². The van der Waals surface area contributed by atoms with Crippen molar-refractivity contribution in [2.75, 3.05) is 0 Å². The predicted octanol–water partition coefficient (Wildman–Crippen LogP) is 2.63. The van der Waals surface area contributed by atoms with E-state index in [2.05, 4.69) is 4.98 Å². The molecule has 13 heavy (non-hydrogen) atoms. The second kappa shape index (κ2) is 3.23. The van der Waals surface area contributed by atoms with Crippen LogP contribution in [-0.4, -0.2) is 4.98 Å². The molecule has 68 valence electrons. The summed E-state index contributed by atoms with van der Waals surface area (Å²) in [5.41, 5.74) is -1.78. The molecule has 0 radical (unpaired) electrons. The molecule has 1 rings (SSSR count). The van der Waals surface area contributed by atoms with E-state index in [0.29, 0.717) is 6.07 Å². The van der Waals surface area contributed by atoms with Gasteiger partial charge in [0.15, 0.2) is 5.69 Å². The van der Waals surface area contributed by atoms with Gasteiger partial charge in [-0.3, -0.25) is 0 Å². The number of hydrogen-bond acceptors (Lipinski definition) is 2. The van der Waals surface area contributed by atoms with Gasteiger partial charge in [-0.05, 0) is 6.07 Å². The summed E-state index contributed by atoms with van der Waals surface area (Å²) < 4.78 is 36.5. The maximum Gasteiger partial charge on any atom is 0.419 e. The molecule has 0 unspecified atom stereocenters. The first-order valence-corrected chi connectivity index (χ1v) is 3.46. The van der Waals surface area contributed by atoms with Crippen molar-refractivity contribution >= 4 is 11.6 Å². The van der Waals surface area contributed by atoms with E-state index in [9.17, 15) is 13.2 Å². The molecule has 1 heterocycles. The van der Waals surface area contributed by atoms with E-state index >= 15 is 0 Å². The Hall–Kier alpha value is -1.28. The highest BCUT2D eigenvalue weighted by molar-refractivity contribution is 6.30. The number of nitrogens with zero attached hydrogens (tertiary/aromatic N) is 2. The Morgan fingerprint density at radius 2 is 2.08 bits per heavy atom. The van der Waals surface area contributed by atoms with Crippen LogP contribution in [0.25, 0.3) is 0 Å². The minimum atomic E-state index is -4.59. The fourth-order valence-electron chi connectivity index (χ4n) is 0.744. The lowest BCUT2D eigenvalue weighted by atomic mass is 10.2. The van der Waals surface area contributed by atoms with Crippen LogP contribution in [0.3, 0.4) is 0 Å². The van der Waals surface area contributed by atoms with E-state index < -0.39 is 17.4 Å². The van der Waals surface area contributed by atoms with Crippen molar-refractivity contribution in [1.82, 2.24) is 4.98 Å². The largest absolute Gasteiger partial charge is 0.419 e. The predicted molar refractivity (Wildman–Crippen MR) is 39.0 cm³/mol. The van der Waals surface area contributed by atoms with Gasteiger partial charge in [0.05, 0.1) is 10.6 Å². The van der Waals surface area contributed by atoms with Gasteiger partial charge in [-0.25, -0.2) is 4.98 Å². The molecule has 0 N–H and O–H groups in total. The van der Waals surface area contributed by atoms with E-state index in [0.717, 1.165) is 6.20 Å². The third-order valence-corrected chi connectivity index (χ3v) is 1.47. The van der Waals surface area contributed by atoms with Crippen molar-refractivity contribution in [3.63, 3.8) is 0 Å². The topological polar surface area (TPSA) is 36.7 Å². The first-order chi connectivity index (χ1) is 5.95. The fraction of sp³-hybridized carbons (Fsp3) is 0.143. The number of rotatable bonds is 0. The summed E-state index contributed by atoms with van der Waals surface area (Å²) in [6.07, 6.45) is -3.60. The summed E-state index contributed by atoms with van der Waals surface area (Å²) >= 11 is 5.31. The Morgan fingerprint density at radius 1 is 1.46 bits per heavy atom. The second-order valence-corrected chi connectivity index (χ2v) is 2.60. The van der Waals surface area contributed by atoms with Gasteiger partial charge in [0, 0.05) is 6.20 Å². The van der Waals surface area contributed by atoms with Crippen LogP contribution in [0.1, 0.15) is 11.3 Å². The number of halogens is 4. The van der Waals surface area contributed by atoms with Crippen LogP contribution in [0, 0.1) is 11.3 Å². The van der Waals surface area contributed by atoms with E-state index in [-0.39, 0.29) is 5.02 Å².